The zero-order chi connectivity index (χ0) is 69.6. The first kappa shape index (κ1) is 54.6. The Morgan fingerprint density at radius 3 is 1.20 bits per heavy atom. The molecule has 0 fully saturated rings. The van der Waals surface area contributed by atoms with Gasteiger partial charge in [-0.2, -0.15) is 15.0 Å². The molecule has 3 aromatic heterocycles. The highest BCUT2D eigenvalue weighted by molar-refractivity contribution is 5.74. The standard InChI is InChI=1S/3C24H26N4O2/c3*1-5-13-26-20-11-10-17-18(20)7-6-8-19(17)23-27-24(30-28-23)16-9-12-22(29-15(2)3)21(14-16)25-4/h3*6-9,12,14-15,20,26H,5,10-11,13H2,1-3H3/t3*20-/m000/s1/i5D2,13D2;15D;5D2. The van der Waals surface area contributed by atoms with Gasteiger partial charge < -0.3 is 43.7 Å². The van der Waals surface area contributed by atoms with Crippen LogP contribution in [0.2, 0.25) is 0 Å². The minimum atomic E-state index is -2.18. The van der Waals surface area contributed by atoms with Gasteiger partial charge in [-0.05, 0) is 207 Å². The number of aromatic nitrogens is 6. The number of rotatable bonds is 21. The maximum atomic E-state index is 8.10. The minimum Gasteiger partial charge on any atom is -0.502 e. The van der Waals surface area contributed by atoms with E-state index in [0.29, 0.717) is 106 Å². The van der Waals surface area contributed by atoms with E-state index in [4.69, 9.17) is 57.1 Å². The van der Waals surface area contributed by atoms with Crippen LogP contribution < -0.4 is 30.2 Å². The second-order valence-corrected chi connectivity index (χ2v) is 22.6. The molecule has 6 aromatic carbocycles. The average molecular weight is 1210 g/mol. The average Bonchev–Trinajstić information content (AvgIpc) is 1.66. The van der Waals surface area contributed by atoms with Crippen molar-refractivity contribution in [3.8, 4) is 85.8 Å². The van der Waals surface area contributed by atoms with Gasteiger partial charge in [-0.1, -0.05) is 90.8 Å². The van der Waals surface area contributed by atoms with Crippen molar-refractivity contribution in [2.45, 2.75) is 156 Å². The maximum Gasteiger partial charge on any atom is 0.256 e. The zero-order valence-corrected chi connectivity index (χ0v) is 52.1. The monoisotopic (exact) mass is 1210 g/mol. The number of nitrogens with zero attached hydrogens (tertiary/aromatic N) is 9. The van der Waals surface area contributed by atoms with Gasteiger partial charge in [0.25, 0.3) is 17.7 Å². The third-order valence-electron chi connectivity index (χ3n) is 15.4. The highest BCUT2D eigenvalue weighted by atomic mass is 16.5. The van der Waals surface area contributed by atoms with Crippen molar-refractivity contribution in [1.29, 1.82) is 0 Å². The maximum absolute atomic E-state index is 8.10. The van der Waals surface area contributed by atoms with E-state index in [-0.39, 0.29) is 30.2 Å². The molecular formula is C72H78N12O6. The van der Waals surface area contributed by atoms with Crippen molar-refractivity contribution in [2.24, 2.45) is 0 Å². The molecule has 0 amide bonds. The molecule has 0 saturated heterocycles. The fourth-order valence-electron chi connectivity index (χ4n) is 11.4. The van der Waals surface area contributed by atoms with E-state index in [9.17, 15) is 0 Å². The van der Waals surface area contributed by atoms with Crippen LogP contribution in [0.25, 0.3) is 83.1 Å². The summed E-state index contributed by atoms with van der Waals surface area (Å²) in [6.07, 6.45) is 1.74. The lowest BCUT2D eigenvalue weighted by Gasteiger charge is -2.13. The van der Waals surface area contributed by atoms with E-state index in [1.165, 1.54) is 18.1 Å². The van der Waals surface area contributed by atoms with Crippen LogP contribution in [0.5, 0.6) is 17.2 Å². The summed E-state index contributed by atoms with van der Waals surface area (Å²) in [6.45, 7) is 37.3. The molecular weight excluding hydrogens is 1130 g/mol. The lowest BCUT2D eigenvalue weighted by Crippen LogP contribution is -2.19. The van der Waals surface area contributed by atoms with E-state index in [1.54, 1.807) is 69.3 Å². The molecule has 0 spiro atoms. The number of nitrogens with one attached hydrogen (secondary N) is 3. The van der Waals surface area contributed by atoms with E-state index in [0.717, 1.165) is 77.6 Å². The molecule has 3 N–H and O–H groups in total. The topological polar surface area (TPSA) is 194 Å². The summed E-state index contributed by atoms with van der Waals surface area (Å²) in [5.41, 5.74) is 12.5. The van der Waals surface area contributed by atoms with Crippen molar-refractivity contribution in [2.75, 3.05) is 19.6 Å². The summed E-state index contributed by atoms with van der Waals surface area (Å²) in [6, 6.07) is 33.7. The molecule has 0 saturated carbocycles. The van der Waals surface area contributed by atoms with Crippen LogP contribution in [0, 0.1) is 19.7 Å². The third kappa shape index (κ3) is 14.6. The summed E-state index contributed by atoms with van der Waals surface area (Å²) in [5.74, 6) is 3.88. The predicted molar refractivity (Wildman–Crippen MR) is 350 cm³/mol. The lowest BCUT2D eigenvalue weighted by molar-refractivity contribution is 0.244. The number of benzene rings is 6. The van der Waals surface area contributed by atoms with E-state index < -0.39 is 25.3 Å². The third-order valence-corrected chi connectivity index (χ3v) is 15.4. The summed E-state index contributed by atoms with van der Waals surface area (Å²) in [7, 11) is 0. The van der Waals surface area contributed by atoms with Gasteiger partial charge in [0.1, 0.15) is 17.2 Å². The molecule has 9 aromatic rings. The SMILES string of the molecule is [2H]C(C)(C)Oc1ccc(-c2nc(-c3cccc4c3CC[C@@H]4NCCC)no2)cc1[N+]#[C-].[2H]C([2H])(C)C([2H])([2H])N[C@H]1CCc2c(-c3noc(-c4ccc(OC(C)C)c([N+]#[C-])c4)n3)cccc21.[2H]C([2H])(C)CN[C@H]1CCc2c(-c3noc(-c4ccc(OC(C)C)c([N+]#[C-])c4)n3)cccc21. The second-order valence-electron chi connectivity index (χ2n) is 22.6. The van der Waals surface area contributed by atoms with Gasteiger partial charge in [0.05, 0.1) is 39.4 Å². The Bertz CT molecular complexity index is 4420. The molecule has 3 heterocycles. The summed E-state index contributed by atoms with van der Waals surface area (Å²) < 4.78 is 88.7. The molecule has 3 atom stereocenters. The number of fused-ring (bicyclic) bond motifs is 3. The molecule has 3 aliphatic rings. The molecule has 90 heavy (non-hydrogen) atoms. The Labute approximate surface area is 537 Å². The highest BCUT2D eigenvalue weighted by Gasteiger charge is 2.30. The quantitative estimate of drug-likeness (QED) is 0.0575. The van der Waals surface area contributed by atoms with Crippen molar-refractivity contribution < 1.29 is 37.4 Å². The molecule has 0 unspecified atom stereocenters. The van der Waals surface area contributed by atoms with Crippen molar-refractivity contribution in [3.05, 3.63) is 177 Å². The fourth-order valence-corrected chi connectivity index (χ4v) is 11.4. The highest BCUT2D eigenvalue weighted by Crippen LogP contribution is 2.42. The lowest BCUT2D eigenvalue weighted by atomic mass is 10.0. The van der Waals surface area contributed by atoms with Crippen LogP contribution in [0.1, 0.15) is 162 Å². The molecule has 12 rings (SSSR count). The van der Waals surface area contributed by atoms with Crippen molar-refractivity contribution in [3.63, 3.8) is 0 Å². The Hall–Kier alpha value is -9.51. The molecule has 3 aliphatic carbocycles. The van der Waals surface area contributed by atoms with Gasteiger partial charge >= 0.3 is 0 Å². The molecule has 0 radical (unpaired) electrons. The largest absolute Gasteiger partial charge is 0.502 e. The first-order chi connectivity index (χ1) is 46.1. The van der Waals surface area contributed by atoms with E-state index >= 15 is 0 Å². The second kappa shape index (κ2) is 29.7. The summed E-state index contributed by atoms with van der Waals surface area (Å²) >= 11 is 0. The van der Waals surface area contributed by atoms with Gasteiger partial charge in [-0.15, -0.1) is 0 Å². The Balaban J connectivity index is 0.000000158. The van der Waals surface area contributed by atoms with Crippen molar-refractivity contribution in [1.82, 2.24) is 46.4 Å². The molecule has 0 bridgehead atoms. The molecule has 18 nitrogen and oxygen atoms in total. The van der Waals surface area contributed by atoms with E-state index in [1.807, 2.05) is 76.2 Å². The van der Waals surface area contributed by atoms with Crippen LogP contribution in [-0.2, 0) is 19.3 Å². The predicted octanol–water partition coefficient (Wildman–Crippen LogP) is 17.2. The van der Waals surface area contributed by atoms with Gasteiger partial charge in [-0.3, -0.25) is 0 Å². The van der Waals surface area contributed by atoms with Crippen molar-refractivity contribution >= 4 is 17.1 Å². The summed E-state index contributed by atoms with van der Waals surface area (Å²) in [5, 5.41) is 22.4. The zero-order valence-electron chi connectivity index (χ0n) is 59.1. The minimum absolute atomic E-state index is 0.0224. The normalized spacial score (nSPS) is 17.0. The van der Waals surface area contributed by atoms with Gasteiger partial charge in [0.2, 0.25) is 34.5 Å². The van der Waals surface area contributed by atoms with Crippen LogP contribution in [0.15, 0.2) is 123 Å². The Morgan fingerprint density at radius 2 is 0.867 bits per heavy atom. The Morgan fingerprint density at radius 1 is 0.500 bits per heavy atom. The first-order valence-corrected chi connectivity index (χ1v) is 30.3. The number of hydrogen-bond donors (Lipinski definition) is 3. The smallest absolute Gasteiger partial charge is 0.256 e. The van der Waals surface area contributed by atoms with Gasteiger partial charge in [-0.25, -0.2) is 14.5 Å². The fraction of sp³-hybridized carbons (Fsp3) is 0.375. The molecule has 0 aliphatic heterocycles. The molecule has 462 valence electrons. The van der Waals surface area contributed by atoms with E-state index in [2.05, 4.69) is 80.0 Å². The Kier molecular flexibility index (Phi) is 18.0. The molecule has 18 heteroatoms. The van der Waals surface area contributed by atoms with Crippen LogP contribution in [-0.4, -0.2) is 68.3 Å². The van der Waals surface area contributed by atoms with Gasteiger partial charge in [0, 0.05) is 59.7 Å². The number of hydrogen-bond acceptors (Lipinski definition) is 15. The number of ether oxygens (including phenoxy) is 3. The summed E-state index contributed by atoms with van der Waals surface area (Å²) in [4.78, 5) is 24.4. The van der Waals surface area contributed by atoms with Crippen LogP contribution in [0.3, 0.4) is 0 Å². The van der Waals surface area contributed by atoms with Crippen LogP contribution in [0.4, 0.5) is 17.1 Å². The van der Waals surface area contributed by atoms with Gasteiger partial charge in [0.15, 0.2) is 0 Å². The van der Waals surface area contributed by atoms with Crippen LogP contribution >= 0.6 is 0 Å². The first-order valence-electron chi connectivity index (χ1n) is 33.8.